The fourth-order valence-corrected chi connectivity index (χ4v) is 2.94. The molecule has 1 heterocycles. The van der Waals surface area contributed by atoms with Gasteiger partial charge in [-0.1, -0.05) is 6.07 Å². The number of ether oxygens (including phenoxy) is 4. The van der Waals surface area contributed by atoms with Crippen molar-refractivity contribution in [2.45, 2.75) is 0 Å². The zero-order chi connectivity index (χ0) is 19.4. The Kier molecular flexibility index (Phi) is 5.35. The molecule has 140 valence electrons. The first-order valence-electron chi connectivity index (χ1n) is 8.25. The van der Waals surface area contributed by atoms with Crippen molar-refractivity contribution in [3.05, 3.63) is 48.7 Å². The van der Waals surface area contributed by atoms with Crippen LogP contribution in [0.3, 0.4) is 0 Å². The van der Waals surface area contributed by atoms with Crippen molar-refractivity contribution in [3.63, 3.8) is 0 Å². The van der Waals surface area contributed by atoms with E-state index < -0.39 is 0 Å². The van der Waals surface area contributed by atoms with E-state index in [0.717, 1.165) is 16.7 Å². The zero-order valence-corrected chi connectivity index (χ0v) is 15.6. The van der Waals surface area contributed by atoms with E-state index in [1.165, 1.54) is 7.11 Å². The van der Waals surface area contributed by atoms with Crippen LogP contribution in [0.1, 0.15) is 0 Å². The molecule has 0 amide bonds. The molecule has 0 radical (unpaired) electrons. The quantitative estimate of drug-likeness (QED) is 0.706. The first kappa shape index (κ1) is 18.4. The molecular weight excluding hydrogens is 346 g/mol. The van der Waals surface area contributed by atoms with Crippen LogP contribution in [-0.2, 0) is 0 Å². The van der Waals surface area contributed by atoms with Gasteiger partial charge in [-0.05, 0) is 42.0 Å². The van der Waals surface area contributed by atoms with Crippen LogP contribution in [0.4, 0.5) is 0 Å². The number of phenols is 1. The van der Waals surface area contributed by atoms with Gasteiger partial charge in [0.1, 0.15) is 0 Å². The summed E-state index contributed by atoms with van der Waals surface area (Å²) < 4.78 is 21.4. The Bertz CT molecular complexity index is 930. The lowest BCUT2D eigenvalue weighted by atomic mass is 9.98. The minimum Gasteiger partial charge on any atom is -0.504 e. The lowest BCUT2D eigenvalue weighted by molar-refractivity contribution is 0.324. The Balaban J connectivity index is 2.18. The average Bonchev–Trinajstić information content (AvgIpc) is 2.72. The zero-order valence-electron chi connectivity index (χ0n) is 15.6. The average molecular weight is 367 g/mol. The highest BCUT2D eigenvalue weighted by Gasteiger charge is 2.17. The molecule has 2 aromatic carbocycles. The molecule has 0 aliphatic carbocycles. The lowest BCUT2D eigenvalue weighted by Crippen LogP contribution is -1.97. The predicted octanol–water partition coefficient (Wildman–Crippen LogP) is 4.16. The van der Waals surface area contributed by atoms with E-state index in [1.54, 1.807) is 39.7 Å². The van der Waals surface area contributed by atoms with Gasteiger partial charge in [0.05, 0.1) is 34.1 Å². The SMILES string of the molecule is COc1ccc(-c2ncccc2-c2cc(OC)c(OC)c(OC)c2)cc1O. The van der Waals surface area contributed by atoms with Crippen LogP contribution >= 0.6 is 0 Å². The number of aromatic nitrogens is 1. The summed E-state index contributed by atoms with van der Waals surface area (Å²) in [5.74, 6) is 2.09. The maximum atomic E-state index is 10.1. The van der Waals surface area contributed by atoms with Crippen molar-refractivity contribution in [3.8, 4) is 51.1 Å². The molecule has 1 aromatic heterocycles. The van der Waals surface area contributed by atoms with Gasteiger partial charge in [-0.2, -0.15) is 0 Å². The molecule has 3 rings (SSSR count). The van der Waals surface area contributed by atoms with Gasteiger partial charge < -0.3 is 24.1 Å². The molecule has 0 unspecified atom stereocenters. The van der Waals surface area contributed by atoms with Crippen LogP contribution < -0.4 is 18.9 Å². The van der Waals surface area contributed by atoms with E-state index in [-0.39, 0.29) is 5.75 Å². The summed E-state index contributed by atoms with van der Waals surface area (Å²) >= 11 is 0. The minimum atomic E-state index is 0.0523. The summed E-state index contributed by atoms with van der Waals surface area (Å²) in [5, 5.41) is 10.1. The Hall–Kier alpha value is -3.41. The Morgan fingerprint density at radius 1 is 0.741 bits per heavy atom. The second kappa shape index (κ2) is 7.86. The van der Waals surface area contributed by atoms with Crippen molar-refractivity contribution < 1.29 is 24.1 Å². The second-order valence-corrected chi connectivity index (χ2v) is 5.70. The maximum Gasteiger partial charge on any atom is 0.203 e. The van der Waals surface area contributed by atoms with Crippen LogP contribution in [0.25, 0.3) is 22.4 Å². The molecule has 6 nitrogen and oxygen atoms in total. The third-order valence-corrected chi connectivity index (χ3v) is 4.24. The fourth-order valence-electron chi connectivity index (χ4n) is 2.94. The van der Waals surface area contributed by atoms with Crippen LogP contribution in [0.5, 0.6) is 28.7 Å². The molecule has 0 saturated carbocycles. The number of rotatable bonds is 6. The number of benzene rings is 2. The first-order valence-corrected chi connectivity index (χ1v) is 8.25. The van der Waals surface area contributed by atoms with E-state index >= 15 is 0 Å². The molecule has 0 spiro atoms. The third kappa shape index (κ3) is 3.46. The molecule has 0 fully saturated rings. The predicted molar refractivity (Wildman–Crippen MR) is 103 cm³/mol. The summed E-state index contributed by atoms with van der Waals surface area (Å²) in [6, 6.07) is 12.7. The van der Waals surface area contributed by atoms with E-state index in [1.807, 2.05) is 30.3 Å². The summed E-state index contributed by atoms with van der Waals surface area (Å²) in [6.07, 6.45) is 1.71. The molecule has 1 N–H and O–H groups in total. The monoisotopic (exact) mass is 367 g/mol. The third-order valence-electron chi connectivity index (χ3n) is 4.24. The summed E-state index contributed by atoms with van der Waals surface area (Å²) in [5.41, 5.74) is 3.19. The second-order valence-electron chi connectivity index (χ2n) is 5.70. The maximum absolute atomic E-state index is 10.1. The summed E-state index contributed by atoms with van der Waals surface area (Å²) in [4.78, 5) is 4.51. The van der Waals surface area contributed by atoms with E-state index in [4.69, 9.17) is 18.9 Å². The highest BCUT2D eigenvalue weighted by molar-refractivity contribution is 5.83. The first-order chi connectivity index (χ1) is 13.1. The topological polar surface area (TPSA) is 70.0 Å². The molecule has 0 aliphatic heterocycles. The number of aromatic hydroxyl groups is 1. The van der Waals surface area contributed by atoms with Crippen LogP contribution in [-0.4, -0.2) is 38.5 Å². The van der Waals surface area contributed by atoms with Gasteiger partial charge in [0.2, 0.25) is 5.75 Å². The van der Waals surface area contributed by atoms with Gasteiger partial charge in [-0.3, -0.25) is 4.98 Å². The largest absolute Gasteiger partial charge is 0.504 e. The normalized spacial score (nSPS) is 10.4. The van der Waals surface area contributed by atoms with E-state index in [2.05, 4.69) is 4.98 Å². The Morgan fingerprint density at radius 3 is 1.96 bits per heavy atom. The van der Waals surface area contributed by atoms with Crippen molar-refractivity contribution in [1.29, 1.82) is 0 Å². The van der Waals surface area contributed by atoms with Gasteiger partial charge >= 0.3 is 0 Å². The van der Waals surface area contributed by atoms with Gasteiger partial charge in [-0.25, -0.2) is 0 Å². The number of phenolic OH excluding ortho intramolecular Hbond substituents is 1. The van der Waals surface area contributed by atoms with Gasteiger partial charge in [0, 0.05) is 17.3 Å². The van der Waals surface area contributed by atoms with Crippen molar-refractivity contribution in [2.75, 3.05) is 28.4 Å². The van der Waals surface area contributed by atoms with Crippen LogP contribution in [0, 0.1) is 0 Å². The minimum absolute atomic E-state index is 0.0523. The molecule has 3 aromatic rings. The number of hydrogen-bond donors (Lipinski definition) is 1. The molecule has 0 saturated heterocycles. The highest BCUT2D eigenvalue weighted by Crippen LogP contribution is 2.43. The Morgan fingerprint density at radius 2 is 1.41 bits per heavy atom. The van der Waals surface area contributed by atoms with Gasteiger partial charge in [0.15, 0.2) is 23.0 Å². The van der Waals surface area contributed by atoms with Gasteiger partial charge in [0.25, 0.3) is 0 Å². The molecule has 0 atom stereocenters. The van der Waals surface area contributed by atoms with Gasteiger partial charge in [-0.15, -0.1) is 0 Å². The summed E-state index contributed by atoms with van der Waals surface area (Å²) in [6.45, 7) is 0. The Labute approximate surface area is 157 Å². The van der Waals surface area contributed by atoms with E-state index in [9.17, 15) is 5.11 Å². The molecule has 0 bridgehead atoms. The summed E-state index contributed by atoms with van der Waals surface area (Å²) in [7, 11) is 6.23. The van der Waals surface area contributed by atoms with Crippen molar-refractivity contribution in [1.82, 2.24) is 4.98 Å². The molecular formula is C21H21NO5. The highest BCUT2D eigenvalue weighted by atomic mass is 16.5. The number of nitrogens with zero attached hydrogens (tertiary/aromatic N) is 1. The van der Waals surface area contributed by atoms with E-state index in [0.29, 0.717) is 28.7 Å². The lowest BCUT2D eigenvalue weighted by Gasteiger charge is -2.16. The van der Waals surface area contributed by atoms with Crippen molar-refractivity contribution >= 4 is 0 Å². The molecule has 0 aliphatic rings. The number of hydrogen-bond acceptors (Lipinski definition) is 6. The number of pyridine rings is 1. The van der Waals surface area contributed by atoms with Crippen LogP contribution in [0.2, 0.25) is 0 Å². The standard InChI is InChI=1S/C21H21NO5/c1-24-17-8-7-13(10-16(17)23)20-15(6-5-9-22-20)14-11-18(25-2)21(27-4)19(12-14)26-3/h5-12,23H,1-4H3. The molecule has 27 heavy (non-hydrogen) atoms. The molecule has 6 heteroatoms. The number of methoxy groups -OCH3 is 4. The van der Waals surface area contributed by atoms with Crippen LogP contribution in [0.15, 0.2) is 48.7 Å². The smallest absolute Gasteiger partial charge is 0.203 e. The fraction of sp³-hybridized carbons (Fsp3) is 0.190. The van der Waals surface area contributed by atoms with Crippen molar-refractivity contribution in [2.24, 2.45) is 0 Å².